The molecule has 0 aromatic heterocycles. The van der Waals surface area contributed by atoms with Gasteiger partial charge in [0.15, 0.2) is 0 Å². The van der Waals surface area contributed by atoms with E-state index in [9.17, 15) is 17.6 Å². The number of allylic oxidation sites excluding steroid dienone is 1. The maximum Gasteiger partial charge on any atom is 0.246 e. The lowest BCUT2D eigenvalue weighted by atomic mass is 9.97. The van der Waals surface area contributed by atoms with Gasteiger partial charge in [0.05, 0.1) is 0 Å². The lowest BCUT2D eigenvalue weighted by molar-refractivity contribution is -0.127. The molecule has 0 atom stereocenters. The van der Waals surface area contributed by atoms with Gasteiger partial charge in [0, 0.05) is 56.4 Å². The molecule has 0 aliphatic carbocycles. The third-order valence-corrected chi connectivity index (χ3v) is 7.97. The van der Waals surface area contributed by atoms with Gasteiger partial charge in [0.1, 0.15) is 5.82 Å². The molecule has 8 heteroatoms. The number of hydrogen-bond acceptors (Lipinski definition) is 4. The number of carbonyl (C=O) groups excluding carboxylic acids is 1. The predicted molar refractivity (Wildman–Crippen MR) is 133 cm³/mol. The molecule has 2 aliphatic rings. The lowest BCUT2D eigenvalue weighted by Gasteiger charge is -2.35. The average Bonchev–Trinajstić information content (AvgIpc) is 2.87. The number of likely N-dealkylation sites (tertiary alicyclic amines) is 1. The number of hydrogen-bond donors (Lipinski definition) is 0. The smallest absolute Gasteiger partial charge is 0.246 e. The number of rotatable bonds is 6. The summed E-state index contributed by atoms with van der Waals surface area (Å²) in [6.45, 7) is 3.15. The van der Waals surface area contributed by atoms with Gasteiger partial charge in [0.2, 0.25) is 15.9 Å². The van der Waals surface area contributed by atoms with Crippen LogP contribution in [0.1, 0.15) is 18.4 Å². The van der Waals surface area contributed by atoms with Crippen LogP contribution in [-0.4, -0.2) is 62.8 Å². The highest BCUT2D eigenvalue weighted by atomic mass is 32.2. The molecule has 1 amide bonds. The zero-order chi connectivity index (χ0) is 24.0. The van der Waals surface area contributed by atoms with Gasteiger partial charge in [-0.2, -0.15) is 4.31 Å². The minimum Gasteiger partial charge on any atom is -0.369 e. The fourth-order valence-electron chi connectivity index (χ4n) is 4.30. The van der Waals surface area contributed by atoms with Crippen molar-refractivity contribution in [2.24, 2.45) is 5.92 Å². The molecule has 2 saturated heterocycles. The van der Waals surface area contributed by atoms with E-state index < -0.39 is 10.0 Å². The van der Waals surface area contributed by atoms with Crippen molar-refractivity contribution in [3.05, 3.63) is 83.5 Å². The number of nitrogens with zero attached hydrogens (tertiary/aromatic N) is 3. The average molecular weight is 484 g/mol. The van der Waals surface area contributed by atoms with Gasteiger partial charge in [-0.05, 0) is 54.7 Å². The fourth-order valence-corrected chi connectivity index (χ4v) is 5.56. The molecule has 2 heterocycles. The van der Waals surface area contributed by atoms with Gasteiger partial charge in [0.25, 0.3) is 0 Å². The normalized spacial score (nSPS) is 18.7. The first-order valence-electron chi connectivity index (χ1n) is 11.6. The van der Waals surface area contributed by atoms with Crippen molar-refractivity contribution in [1.82, 2.24) is 9.21 Å². The van der Waals surface area contributed by atoms with Crippen molar-refractivity contribution >= 4 is 27.7 Å². The predicted octanol–water partition coefficient (Wildman–Crippen LogP) is 3.74. The van der Waals surface area contributed by atoms with Crippen molar-refractivity contribution in [2.75, 3.05) is 44.2 Å². The maximum atomic E-state index is 13.1. The number of piperazine rings is 1. The molecular formula is C26H30FN3O3S. The number of benzene rings is 2. The van der Waals surface area contributed by atoms with Crippen LogP contribution in [0, 0.1) is 11.7 Å². The zero-order valence-corrected chi connectivity index (χ0v) is 19.9. The summed E-state index contributed by atoms with van der Waals surface area (Å²) in [4.78, 5) is 16.3. The van der Waals surface area contributed by atoms with Crippen LogP contribution in [0.4, 0.5) is 10.1 Å². The first-order valence-corrected chi connectivity index (χ1v) is 13.1. The molecule has 0 bridgehead atoms. The van der Waals surface area contributed by atoms with Gasteiger partial charge < -0.3 is 9.80 Å². The molecule has 0 saturated carbocycles. The first kappa shape index (κ1) is 24.2. The van der Waals surface area contributed by atoms with E-state index in [1.165, 1.54) is 21.8 Å². The lowest BCUT2D eigenvalue weighted by Crippen LogP contribution is -2.48. The summed E-state index contributed by atoms with van der Waals surface area (Å²) >= 11 is 0. The second-order valence-corrected chi connectivity index (χ2v) is 10.5. The summed E-state index contributed by atoms with van der Waals surface area (Å²) < 4.78 is 40.2. The first-order chi connectivity index (χ1) is 16.4. The van der Waals surface area contributed by atoms with E-state index in [0.717, 1.165) is 24.1 Å². The summed E-state index contributed by atoms with van der Waals surface area (Å²) in [6.07, 6.45) is 6.69. The molecular weight excluding hydrogens is 453 g/mol. The molecule has 0 radical (unpaired) electrons. The van der Waals surface area contributed by atoms with Crippen molar-refractivity contribution in [3.63, 3.8) is 0 Å². The number of anilines is 1. The number of sulfonamides is 1. The topological polar surface area (TPSA) is 60.9 Å². The van der Waals surface area contributed by atoms with Crippen molar-refractivity contribution < 1.29 is 17.6 Å². The van der Waals surface area contributed by atoms with E-state index >= 15 is 0 Å². The highest BCUT2D eigenvalue weighted by molar-refractivity contribution is 7.92. The van der Waals surface area contributed by atoms with Gasteiger partial charge in [-0.25, -0.2) is 12.8 Å². The van der Waals surface area contributed by atoms with Crippen LogP contribution in [0.15, 0.2) is 72.2 Å². The fraction of sp³-hybridized carbons (Fsp3) is 0.346. The molecule has 2 aromatic rings. The third-order valence-electron chi connectivity index (χ3n) is 6.38. The largest absolute Gasteiger partial charge is 0.369 e. The van der Waals surface area contributed by atoms with Crippen LogP contribution in [0.3, 0.4) is 0 Å². The number of halogens is 1. The molecule has 4 rings (SSSR count). The summed E-state index contributed by atoms with van der Waals surface area (Å²) in [7, 11) is -3.49. The summed E-state index contributed by atoms with van der Waals surface area (Å²) in [6, 6.07) is 16.0. The second kappa shape index (κ2) is 11.0. The van der Waals surface area contributed by atoms with Crippen LogP contribution in [0.25, 0.3) is 6.08 Å². The van der Waals surface area contributed by atoms with Crippen LogP contribution in [-0.2, 0) is 14.8 Å². The molecule has 6 nitrogen and oxygen atoms in total. The summed E-state index contributed by atoms with van der Waals surface area (Å²) in [5.74, 6) is -0.163. The molecule has 0 unspecified atom stereocenters. The minimum absolute atomic E-state index is 0.0158. The summed E-state index contributed by atoms with van der Waals surface area (Å²) in [5, 5.41) is 1.33. The Morgan fingerprint density at radius 1 is 0.882 bits per heavy atom. The van der Waals surface area contributed by atoms with Crippen molar-refractivity contribution in [2.45, 2.75) is 12.8 Å². The highest BCUT2D eigenvalue weighted by Crippen LogP contribution is 2.22. The minimum atomic E-state index is -3.49. The third kappa shape index (κ3) is 6.33. The highest BCUT2D eigenvalue weighted by Gasteiger charge is 2.26. The van der Waals surface area contributed by atoms with Gasteiger partial charge >= 0.3 is 0 Å². The second-order valence-electron chi connectivity index (χ2n) is 8.64. The van der Waals surface area contributed by atoms with Gasteiger partial charge in [-0.1, -0.05) is 36.4 Å². The summed E-state index contributed by atoms with van der Waals surface area (Å²) in [5.41, 5.74) is 1.88. The van der Waals surface area contributed by atoms with E-state index in [-0.39, 0.29) is 17.6 Å². The maximum absolute atomic E-state index is 13.1. The number of piperidine rings is 1. The Morgan fingerprint density at radius 3 is 2.18 bits per heavy atom. The van der Waals surface area contributed by atoms with E-state index in [0.29, 0.717) is 39.3 Å². The number of amides is 1. The molecule has 2 aromatic carbocycles. The van der Waals surface area contributed by atoms with Gasteiger partial charge in [-0.3, -0.25) is 4.79 Å². The van der Waals surface area contributed by atoms with Crippen LogP contribution in [0.5, 0.6) is 0 Å². The van der Waals surface area contributed by atoms with E-state index in [1.54, 1.807) is 24.3 Å². The zero-order valence-electron chi connectivity index (χ0n) is 19.1. The Morgan fingerprint density at radius 2 is 1.53 bits per heavy atom. The monoisotopic (exact) mass is 483 g/mol. The molecule has 2 aliphatic heterocycles. The standard InChI is InChI=1S/C26H30FN3O3S/c27-24-7-9-25(10-8-24)28-17-19-30(20-18-28)34(32,33)21-14-23-12-15-29(16-13-23)26(31)11-6-22-4-2-1-3-5-22/h1-11,14,21,23H,12-13,15-20H2. The van der Waals surface area contributed by atoms with Crippen LogP contribution < -0.4 is 4.90 Å². The molecule has 180 valence electrons. The molecule has 34 heavy (non-hydrogen) atoms. The Hall–Kier alpha value is -2.97. The van der Waals surface area contributed by atoms with Crippen molar-refractivity contribution in [3.8, 4) is 0 Å². The van der Waals surface area contributed by atoms with E-state index in [1.807, 2.05) is 41.3 Å². The van der Waals surface area contributed by atoms with Gasteiger partial charge in [-0.15, -0.1) is 0 Å². The Bertz CT molecular complexity index is 1120. The quantitative estimate of drug-likeness (QED) is 0.588. The SMILES string of the molecule is O=C(C=Cc1ccccc1)N1CCC(C=CS(=O)(=O)N2CCN(c3ccc(F)cc3)CC2)CC1. The molecule has 0 spiro atoms. The Labute approximate surface area is 201 Å². The number of carbonyl (C=O) groups is 1. The Kier molecular flexibility index (Phi) is 7.80. The molecule has 2 fully saturated rings. The van der Waals surface area contributed by atoms with E-state index in [4.69, 9.17) is 0 Å². The van der Waals surface area contributed by atoms with Crippen molar-refractivity contribution in [1.29, 1.82) is 0 Å². The molecule has 0 N–H and O–H groups in total. The van der Waals surface area contributed by atoms with Crippen LogP contribution in [0.2, 0.25) is 0 Å². The Balaban J connectivity index is 1.24. The van der Waals surface area contributed by atoms with Crippen LogP contribution >= 0.6 is 0 Å². The van der Waals surface area contributed by atoms with E-state index in [2.05, 4.69) is 4.90 Å².